The lowest BCUT2D eigenvalue weighted by Gasteiger charge is -2.14. The largest absolute Gasteiger partial charge is 0.379 e. The number of nitrogens with zero attached hydrogens (tertiary/aromatic N) is 2. The second-order valence-electron chi connectivity index (χ2n) is 4.81. The normalized spacial score (nSPS) is 33.4. The van der Waals surface area contributed by atoms with Gasteiger partial charge >= 0.3 is 0 Å². The van der Waals surface area contributed by atoms with Crippen molar-refractivity contribution in [3.8, 4) is 0 Å². The molecule has 6 nitrogen and oxygen atoms in total. The fourth-order valence-electron chi connectivity index (χ4n) is 2.40. The predicted molar refractivity (Wildman–Crippen MR) is 58.4 cm³/mol. The number of aliphatic hydroxyl groups is 1. The van der Waals surface area contributed by atoms with Gasteiger partial charge in [0.15, 0.2) is 11.4 Å². The van der Waals surface area contributed by atoms with E-state index in [2.05, 4.69) is 15.5 Å². The van der Waals surface area contributed by atoms with Crippen LogP contribution in [0.3, 0.4) is 0 Å². The Balaban J connectivity index is 1.69. The van der Waals surface area contributed by atoms with Crippen LogP contribution in [0.15, 0.2) is 4.52 Å². The third-order valence-corrected chi connectivity index (χ3v) is 3.43. The highest BCUT2D eigenvalue weighted by molar-refractivity contribution is 5.04. The van der Waals surface area contributed by atoms with E-state index < -0.39 is 5.60 Å². The number of ether oxygens (including phenoxy) is 1. The fourth-order valence-corrected chi connectivity index (χ4v) is 2.40. The molecule has 0 saturated carbocycles. The van der Waals surface area contributed by atoms with Crippen LogP contribution in [0.1, 0.15) is 31.0 Å². The van der Waals surface area contributed by atoms with Crippen LogP contribution in [0, 0.1) is 0 Å². The molecular formula is C11H17N3O3. The van der Waals surface area contributed by atoms with Gasteiger partial charge in [0.1, 0.15) is 0 Å². The highest BCUT2D eigenvalue weighted by Crippen LogP contribution is 2.26. The highest BCUT2D eigenvalue weighted by atomic mass is 16.5. The summed E-state index contributed by atoms with van der Waals surface area (Å²) in [5, 5.41) is 17.3. The summed E-state index contributed by atoms with van der Waals surface area (Å²) in [6, 6.07) is 0. The van der Waals surface area contributed by atoms with Crippen LogP contribution in [0.25, 0.3) is 0 Å². The van der Waals surface area contributed by atoms with Crippen molar-refractivity contribution in [3.63, 3.8) is 0 Å². The average Bonchev–Trinajstić information content (AvgIpc) is 3.00. The molecule has 0 amide bonds. The number of rotatable bonds is 3. The molecule has 2 saturated heterocycles. The second-order valence-corrected chi connectivity index (χ2v) is 4.81. The van der Waals surface area contributed by atoms with Gasteiger partial charge in [-0.15, -0.1) is 0 Å². The summed E-state index contributed by atoms with van der Waals surface area (Å²) in [6.07, 6.45) is 3.65. The minimum absolute atomic E-state index is 0.205. The molecule has 0 spiro atoms. The van der Waals surface area contributed by atoms with Crippen LogP contribution in [0.4, 0.5) is 0 Å². The molecule has 6 heteroatoms. The van der Waals surface area contributed by atoms with Crippen molar-refractivity contribution >= 4 is 0 Å². The van der Waals surface area contributed by atoms with E-state index in [1.807, 2.05) is 0 Å². The van der Waals surface area contributed by atoms with Crippen LogP contribution < -0.4 is 5.32 Å². The molecule has 0 aromatic carbocycles. The Morgan fingerprint density at radius 2 is 2.47 bits per heavy atom. The molecule has 0 aliphatic carbocycles. The van der Waals surface area contributed by atoms with Gasteiger partial charge in [0.25, 0.3) is 5.89 Å². The maximum atomic E-state index is 10.2. The summed E-state index contributed by atoms with van der Waals surface area (Å²) in [4.78, 5) is 4.28. The summed E-state index contributed by atoms with van der Waals surface area (Å²) in [7, 11) is 0. The van der Waals surface area contributed by atoms with Crippen LogP contribution in [0.2, 0.25) is 0 Å². The van der Waals surface area contributed by atoms with Crippen molar-refractivity contribution < 1.29 is 14.4 Å². The summed E-state index contributed by atoms with van der Waals surface area (Å²) >= 11 is 0. The lowest BCUT2D eigenvalue weighted by Crippen LogP contribution is -2.28. The fraction of sp³-hybridized carbons (Fsp3) is 0.818. The highest BCUT2D eigenvalue weighted by Gasteiger charge is 2.38. The van der Waals surface area contributed by atoms with E-state index in [1.165, 1.54) is 0 Å². The molecule has 2 aliphatic rings. The quantitative estimate of drug-likeness (QED) is 0.771. The summed E-state index contributed by atoms with van der Waals surface area (Å²) < 4.78 is 10.7. The molecule has 0 radical (unpaired) electrons. The van der Waals surface area contributed by atoms with Gasteiger partial charge < -0.3 is 19.7 Å². The van der Waals surface area contributed by atoms with E-state index in [4.69, 9.17) is 9.26 Å². The number of aromatic nitrogens is 2. The van der Waals surface area contributed by atoms with Crippen LogP contribution in [0.5, 0.6) is 0 Å². The van der Waals surface area contributed by atoms with E-state index >= 15 is 0 Å². The molecule has 17 heavy (non-hydrogen) atoms. The Labute approximate surface area is 99.3 Å². The molecule has 2 aliphatic heterocycles. The number of β-amino-alcohol motifs (C(OH)–C–C–N with tert-alkyl or cyclic N) is 1. The Hall–Kier alpha value is -0.980. The third kappa shape index (κ3) is 2.20. The van der Waals surface area contributed by atoms with E-state index in [1.54, 1.807) is 0 Å². The lowest BCUT2D eigenvalue weighted by molar-refractivity contribution is 0.0243. The Kier molecular flexibility index (Phi) is 2.85. The average molecular weight is 239 g/mol. The van der Waals surface area contributed by atoms with E-state index in [9.17, 15) is 5.11 Å². The van der Waals surface area contributed by atoms with Crippen molar-refractivity contribution in [1.82, 2.24) is 15.5 Å². The van der Waals surface area contributed by atoms with Crippen LogP contribution >= 0.6 is 0 Å². The maximum Gasteiger partial charge on any atom is 0.259 e. The van der Waals surface area contributed by atoms with Crippen molar-refractivity contribution in [3.05, 3.63) is 11.7 Å². The molecule has 2 unspecified atom stereocenters. The topological polar surface area (TPSA) is 80.4 Å². The zero-order valence-electron chi connectivity index (χ0n) is 9.69. The second kappa shape index (κ2) is 4.36. The minimum Gasteiger partial charge on any atom is -0.379 e. The van der Waals surface area contributed by atoms with Gasteiger partial charge in [-0.05, 0) is 25.8 Å². The first-order chi connectivity index (χ1) is 8.26. The van der Waals surface area contributed by atoms with Gasteiger partial charge in [0, 0.05) is 19.6 Å². The molecule has 2 atom stereocenters. The molecule has 94 valence electrons. The van der Waals surface area contributed by atoms with Gasteiger partial charge in [-0.1, -0.05) is 5.16 Å². The van der Waals surface area contributed by atoms with E-state index in [-0.39, 0.29) is 6.10 Å². The Morgan fingerprint density at radius 1 is 1.53 bits per heavy atom. The summed E-state index contributed by atoms with van der Waals surface area (Å²) in [6.45, 7) is 2.08. The van der Waals surface area contributed by atoms with Gasteiger partial charge in [-0.3, -0.25) is 0 Å². The first-order valence-corrected chi connectivity index (χ1v) is 6.14. The Morgan fingerprint density at radius 3 is 3.18 bits per heavy atom. The summed E-state index contributed by atoms with van der Waals surface area (Å²) in [5.74, 6) is 0.961. The van der Waals surface area contributed by atoms with Crippen molar-refractivity contribution in [1.29, 1.82) is 0 Å². The number of hydrogen-bond donors (Lipinski definition) is 2. The van der Waals surface area contributed by atoms with Crippen LogP contribution in [-0.2, 0) is 16.8 Å². The van der Waals surface area contributed by atoms with Gasteiger partial charge in [-0.2, -0.15) is 4.98 Å². The molecule has 3 rings (SSSR count). The van der Waals surface area contributed by atoms with Crippen molar-refractivity contribution in [2.24, 2.45) is 0 Å². The van der Waals surface area contributed by atoms with Crippen molar-refractivity contribution in [2.45, 2.75) is 37.4 Å². The molecule has 3 heterocycles. The third-order valence-electron chi connectivity index (χ3n) is 3.43. The SMILES string of the molecule is OC1(c2nc(CC3CCCO3)no2)CCNC1. The molecule has 2 N–H and O–H groups in total. The molecular weight excluding hydrogens is 222 g/mol. The first kappa shape index (κ1) is 11.1. The summed E-state index contributed by atoms with van der Waals surface area (Å²) in [5.41, 5.74) is -0.984. The predicted octanol–water partition coefficient (Wildman–Crippen LogP) is -0.0280. The van der Waals surface area contributed by atoms with Gasteiger partial charge in [-0.25, -0.2) is 0 Å². The molecule has 1 aromatic rings. The number of nitrogens with one attached hydrogen (secondary N) is 1. The molecule has 2 fully saturated rings. The minimum atomic E-state index is -0.984. The lowest BCUT2D eigenvalue weighted by atomic mass is 10.0. The maximum absolute atomic E-state index is 10.2. The zero-order chi connectivity index (χ0) is 11.7. The van der Waals surface area contributed by atoms with Crippen LogP contribution in [-0.4, -0.2) is 41.0 Å². The number of hydrogen-bond acceptors (Lipinski definition) is 6. The molecule has 1 aromatic heterocycles. The van der Waals surface area contributed by atoms with Gasteiger partial charge in [0.05, 0.1) is 6.10 Å². The standard InChI is InChI=1S/C11H17N3O3/c15-11(3-4-12-7-11)10-13-9(14-17-10)6-8-2-1-5-16-8/h8,12,15H,1-7H2. The Bertz CT molecular complexity index is 381. The van der Waals surface area contributed by atoms with Gasteiger partial charge in [0.2, 0.25) is 0 Å². The van der Waals surface area contributed by atoms with E-state index in [0.717, 1.165) is 26.0 Å². The van der Waals surface area contributed by atoms with Crippen molar-refractivity contribution in [2.75, 3.05) is 19.7 Å². The van der Waals surface area contributed by atoms with E-state index in [0.29, 0.717) is 31.1 Å². The zero-order valence-corrected chi connectivity index (χ0v) is 9.69. The molecule has 0 bridgehead atoms. The first-order valence-electron chi connectivity index (χ1n) is 6.14. The monoisotopic (exact) mass is 239 g/mol. The smallest absolute Gasteiger partial charge is 0.259 e.